The third-order valence-electron chi connectivity index (χ3n) is 2.86. The molecule has 6 heteroatoms. The van der Waals surface area contributed by atoms with Crippen molar-refractivity contribution < 1.29 is 14.3 Å². The highest BCUT2D eigenvalue weighted by molar-refractivity contribution is 9.10. The van der Waals surface area contributed by atoms with Gasteiger partial charge in [-0.2, -0.15) is 5.10 Å². The molecule has 0 fully saturated rings. The first-order valence-electron chi connectivity index (χ1n) is 6.21. The molecule has 0 radical (unpaired) electrons. The summed E-state index contributed by atoms with van der Waals surface area (Å²) >= 11 is 3.32. The standard InChI is InChI=1S/C15H11BrN2O3/c16-12-3-1-2-11(7-12)15(19)18-17-8-10-4-5-13-14(6-10)21-9-20-13/h1-8H,9H2,(H,18,19). The Balaban J connectivity index is 1.65. The smallest absolute Gasteiger partial charge is 0.271 e. The molecule has 0 unspecified atom stereocenters. The van der Waals surface area contributed by atoms with Gasteiger partial charge in [0.1, 0.15) is 0 Å². The Bertz CT molecular complexity index is 716. The van der Waals surface area contributed by atoms with E-state index in [0.717, 1.165) is 10.0 Å². The number of amides is 1. The van der Waals surface area contributed by atoms with Gasteiger partial charge in [0.15, 0.2) is 11.5 Å². The van der Waals surface area contributed by atoms with E-state index in [1.54, 1.807) is 36.5 Å². The van der Waals surface area contributed by atoms with E-state index < -0.39 is 0 Å². The van der Waals surface area contributed by atoms with Crippen LogP contribution in [-0.4, -0.2) is 18.9 Å². The van der Waals surface area contributed by atoms with Crippen LogP contribution in [0.2, 0.25) is 0 Å². The van der Waals surface area contributed by atoms with Crippen LogP contribution < -0.4 is 14.9 Å². The Hall–Kier alpha value is -2.34. The summed E-state index contributed by atoms with van der Waals surface area (Å²) in [5.41, 5.74) is 3.83. The van der Waals surface area contributed by atoms with Crippen molar-refractivity contribution >= 4 is 28.1 Å². The van der Waals surface area contributed by atoms with Crippen molar-refractivity contribution in [3.05, 3.63) is 58.1 Å². The molecule has 0 aliphatic carbocycles. The van der Waals surface area contributed by atoms with Crippen molar-refractivity contribution in [3.63, 3.8) is 0 Å². The van der Waals surface area contributed by atoms with Gasteiger partial charge < -0.3 is 9.47 Å². The number of carbonyl (C=O) groups excluding carboxylic acids is 1. The second kappa shape index (κ2) is 5.97. The van der Waals surface area contributed by atoms with Crippen molar-refractivity contribution in [2.24, 2.45) is 5.10 Å². The lowest BCUT2D eigenvalue weighted by molar-refractivity contribution is 0.0955. The fourth-order valence-electron chi connectivity index (χ4n) is 1.85. The van der Waals surface area contributed by atoms with Crippen LogP contribution in [-0.2, 0) is 0 Å². The second-order valence-corrected chi connectivity index (χ2v) is 5.24. The number of hydrogen-bond acceptors (Lipinski definition) is 4. The fourth-order valence-corrected chi connectivity index (χ4v) is 2.25. The number of carbonyl (C=O) groups is 1. The molecule has 1 N–H and O–H groups in total. The van der Waals surface area contributed by atoms with Crippen molar-refractivity contribution in [3.8, 4) is 11.5 Å². The largest absolute Gasteiger partial charge is 0.454 e. The van der Waals surface area contributed by atoms with E-state index in [-0.39, 0.29) is 12.7 Å². The van der Waals surface area contributed by atoms with E-state index in [2.05, 4.69) is 26.5 Å². The van der Waals surface area contributed by atoms with Crippen LogP contribution in [0.5, 0.6) is 11.5 Å². The molecule has 21 heavy (non-hydrogen) atoms. The average Bonchev–Trinajstić information content (AvgIpc) is 2.94. The van der Waals surface area contributed by atoms with E-state index >= 15 is 0 Å². The second-order valence-electron chi connectivity index (χ2n) is 4.32. The minimum atomic E-state index is -0.270. The van der Waals surface area contributed by atoms with Crippen molar-refractivity contribution in [2.75, 3.05) is 6.79 Å². The molecule has 0 atom stereocenters. The molecule has 1 aliphatic rings. The van der Waals surface area contributed by atoms with Gasteiger partial charge in [0.05, 0.1) is 6.21 Å². The minimum Gasteiger partial charge on any atom is -0.454 e. The topological polar surface area (TPSA) is 59.9 Å². The summed E-state index contributed by atoms with van der Waals surface area (Å²) in [6.07, 6.45) is 1.55. The van der Waals surface area contributed by atoms with Gasteiger partial charge >= 0.3 is 0 Å². The summed E-state index contributed by atoms with van der Waals surface area (Å²) in [4.78, 5) is 11.9. The van der Waals surface area contributed by atoms with Gasteiger partial charge in [-0.05, 0) is 42.0 Å². The van der Waals surface area contributed by atoms with Crippen LogP contribution in [0.3, 0.4) is 0 Å². The maximum absolute atomic E-state index is 11.9. The highest BCUT2D eigenvalue weighted by Crippen LogP contribution is 2.31. The van der Waals surface area contributed by atoms with Crippen molar-refractivity contribution in [1.29, 1.82) is 0 Å². The maximum atomic E-state index is 11.9. The predicted octanol–water partition coefficient (Wildman–Crippen LogP) is 2.94. The number of benzene rings is 2. The first-order valence-corrected chi connectivity index (χ1v) is 7.00. The zero-order valence-electron chi connectivity index (χ0n) is 10.9. The summed E-state index contributed by atoms with van der Waals surface area (Å²) in [7, 11) is 0. The van der Waals surface area contributed by atoms with Crippen LogP contribution in [0, 0.1) is 0 Å². The van der Waals surface area contributed by atoms with Crippen LogP contribution in [0.4, 0.5) is 0 Å². The van der Waals surface area contributed by atoms with Crippen molar-refractivity contribution in [2.45, 2.75) is 0 Å². The first-order chi connectivity index (χ1) is 10.2. The first kappa shape index (κ1) is 13.6. The number of nitrogens with zero attached hydrogens (tertiary/aromatic N) is 1. The van der Waals surface area contributed by atoms with Crippen LogP contribution in [0.15, 0.2) is 52.0 Å². The van der Waals surface area contributed by atoms with Gasteiger partial charge in [-0.25, -0.2) is 5.43 Å². The number of hydrazone groups is 1. The van der Waals surface area contributed by atoms with Gasteiger partial charge in [-0.3, -0.25) is 4.79 Å². The van der Waals surface area contributed by atoms with E-state index in [9.17, 15) is 4.79 Å². The summed E-state index contributed by atoms with van der Waals surface area (Å²) in [5.74, 6) is 1.12. The third-order valence-corrected chi connectivity index (χ3v) is 3.36. The number of rotatable bonds is 3. The highest BCUT2D eigenvalue weighted by atomic mass is 79.9. The molecule has 2 aromatic rings. The lowest BCUT2D eigenvalue weighted by Gasteiger charge is -2.00. The Morgan fingerprint density at radius 1 is 1.19 bits per heavy atom. The molecule has 1 heterocycles. The van der Waals surface area contributed by atoms with Crippen molar-refractivity contribution in [1.82, 2.24) is 5.43 Å². The van der Waals surface area contributed by atoms with Gasteiger partial charge in [-0.15, -0.1) is 0 Å². The molecule has 0 spiro atoms. The molecule has 1 amide bonds. The molecule has 0 saturated carbocycles. The summed E-state index contributed by atoms with van der Waals surface area (Å²) in [6.45, 7) is 0.232. The van der Waals surface area contributed by atoms with Gasteiger partial charge in [-0.1, -0.05) is 22.0 Å². The molecular formula is C15H11BrN2O3. The van der Waals surface area contributed by atoms with Crippen LogP contribution >= 0.6 is 15.9 Å². The highest BCUT2D eigenvalue weighted by Gasteiger charge is 2.12. The van der Waals surface area contributed by atoms with Gasteiger partial charge in [0.25, 0.3) is 5.91 Å². The molecule has 1 aliphatic heterocycles. The Labute approximate surface area is 129 Å². The van der Waals surface area contributed by atoms with Gasteiger partial charge in [0, 0.05) is 10.0 Å². The third kappa shape index (κ3) is 3.22. The molecule has 5 nitrogen and oxygen atoms in total. The minimum absolute atomic E-state index is 0.232. The zero-order valence-corrected chi connectivity index (χ0v) is 12.5. The number of fused-ring (bicyclic) bond motifs is 1. The predicted molar refractivity (Wildman–Crippen MR) is 81.8 cm³/mol. The lowest BCUT2D eigenvalue weighted by Crippen LogP contribution is -2.17. The Morgan fingerprint density at radius 3 is 2.90 bits per heavy atom. The molecule has 2 aromatic carbocycles. The summed E-state index contributed by atoms with van der Waals surface area (Å²) in [6, 6.07) is 12.5. The number of hydrogen-bond donors (Lipinski definition) is 1. The maximum Gasteiger partial charge on any atom is 0.271 e. The van der Waals surface area contributed by atoms with Crippen LogP contribution in [0.1, 0.15) is 15.9 Å². The van der Waals surface area contributed by atoms with Crippen LogP contribution in [0.25, 0.3) is 0 Å². The normalized spacial score (nSPS) is 12.6. The average molecular weight is 347 g/mol. The van der Waals surface area contributed by atoms with E-state index in [0.29, 0.717) is 17.1 Å². The SMILES string of the molecule is O=C(NN=Cc1ccc2c(c1)OCO2)c1cccc(Br)c1. The Morgan fingerprint density at radius 2 is 2.05 bits per heavy atom. The molecular weight excluding hydrogens is 336 g/mol. The molecule has 0 bridgehead atoms. The molecule has 0 aromatic heterocycles. The lowest BCUT2D eigenvalue weighted by atomic mass is 10.2. The van der Waals surface area contributed by atoms with E-state index in [1.165, 1.54) is 0 Å². The van der Waals surface area contributed by atoms with E-state index in [4.69, 9.17) is 9.47 Å². The van der Waals surface area contributed by atoms with E-state index in [1.807, 2.05) is 12.1 Å². The summed E-state index contributed by atoms with van der Waals surface area (Å²) in [5, 5.41) is 3.94. The molecule has 106 valence electrons. The Kier molecular flexibility index (Phi) is 3.87. The number of halogens is 1. The molecule has 3 rings (SSSR count). The monoisotopic (exact) mass is 346 g/mol. The molecule has 0 saturated heterocycles. The quantitative estimate of drug-likeness (QED) is 0.686. The summed E-state index contributed by atoms with van der Waals surface area (Å²) < 4.78 is 11.3. The van der Waals surface area contributed by atoms with Gasteiger partial charge in [0.2, 0.25) is 6.79 Å². The fraction of sp³-hybridized carbons (Fsp3) is 0.0667. The number of nitrogens with one attached hydrogen (secondary N) is 1. The number of ether oxygens (including phenoxy) is 2. The zero-order chi connectivity index (χ0) is 14.7.